The summed E-state index contributed by atoms with van der Waals surface area (Å²) >= 11 is 4.81. The maximum absolute atomic E-state index is 12.7. The number of ether oxygens (including phenoxy) is 1. The molecule has 34 heavy (non-hydrogen) atoms. The van der Waals surface area contributed by atoms with E-state index in [2.05, 4.69) is 43.6 Å². The molecular weight excluding hydrogens is 512 g/mol. The van der Waals surface area contributed by atoms with Crippen molar-refractivity contribution in [3.63, 3.8) is 0 Å². The number of aromatic nitrogens is 3. The van der Waals surface area contributed by atoms with Crippen LogP contribution in [0.25, 0.3) is 5.69 Å². The molecule has 0 aliphatic carbocycles. The molecule has 0 radical (unpaired) electrons. The van der Waals surface area contributed by atoms with Crippen LogP contribution < -0.4 is 10.1 Å². The number of nitrogens with one attached hydrogen (secondary N) is 1. The van der Waals surface area contributed by atoms with Crippen LogP contribution in [0.3, 0.4) is 0 Å². The second-order valence-corrected chi connectivity index (χ2v) is 9.48. The highest BCUT2D eigenvalue weighted by Crippen LogP contribution is 2.26. The van der Waals surface area contributed by atoms with Gasteiger partial charge in [0.15, 0.2) is 5.16 Å². The molecule has 0 saturated heterocycles. The molecule has 1 heterocycles. The van der Waals surface area contributed by atoms with Gasteiger partial charge in [-0.05, 0) is 67.4 Å². The van der Waals surface area contributed by atoms with Gasteiger partial charge in [0.2, 0.25) is 5.91 Å². The zero-order chi connectivity index (χ0) is 23.9. The summed E-state index contributed by atoms with van der Waals surface area (Å²) in [5.74, 6) is 1.74. The number of aryl methyl sites for hydroxylation is 1. The fourth-order valence-electron chi connectivity index (χ4n) is 3.49. The molecule has 0 fully saturated rings. The van der Waals surface area contributed by atoms with Crippen LogP contribution in [-0.2, 0) is 11.2 Å². The number of amides is 1. The van der Waals surface area contributed by atoms with Crippen LogP contribution in [0.1, 0.15) is 23.9 Å². The summed E-state index contributed by atoms with van der Waals surface area (Å²) in [7, 11) is 0. The van der Waals surface area contributed by atoms with E-state index in [9.17, 15) is 4.79 Å². The second-order valence-electron chi connectivity index (χ2n) is 7.62. The quantitative estimate of drug-likeness (QED) is 0.263. The van der Waals surface area contributed by atoms with Gasteiger partial charge in [-0.25, -0.2) is 0 Å². The molecule has 0 unspecified atom stereocenters. The van der Waals surface area contributed by atoms with Crippen molar-refractivity contribution in [2.75, 3.05) is 17.7 Å². The number of carbonyl (C=O) groups excluding carboxylic acids is 1. The van der Waals surface area contributed by atoms with Gasteiger partial charge < -0.3 is 10.1 Å². The van der Waals surface area contributed by atoms with Gasteiger partial charge >= 0.3 is 0 Å². The first-order valence-corrected chi connectivity index (χ1v) is 12.7. The Hall–Kier alpha value is -3.10. The van der Waals surface area contributed by atoms with Gasteiger partial charge in [0, 0.05) is 22.3 Å². The third kappa shape index (κ3) is 6.07. The van der Waals surface area contributed by atoms with Gasteiger partial charge in [-0.3, -0.25) is 9.36 Å². The Kier molecular flexibility index (Phi) is 8.03. The Morgan fingerprint density at radius 2 is 1.82 bits per heavy atom. The van der Waals surface area contributed by atoms with Crippen LogP contribution in [0, 0.1) is 6.92 Å². The van der Waals surface area contributed by atoms with Crippen molar-refractivity contribution in [1.29, 1.82) is 0 Å². The van der Waals surface area contributed by atoms with Crippen LogP contribution in [-0.4, -0.2) is 33.0 Å². The summed E-state index contributed by atoms with van der Waals surface area (Å²) in [5, 5.41) is 12.5. The van der Waals surface area contributed by atoms with Gasteiger partial charge in [0.05, 0.1) is 12.4 Å². The number of hydrogen-bond acceptors (Lipinski definition) is 5. The third-order valence-corrected chi connectivity index (χ3v) is 6.53. The summed E-state index contributed by atoms with van der Waals surface area (Å²) < 4.78 is 8.57. The van der Waals surface area contributed by atoms with Crippen molar-refractivity contribution in [1.82, 2.24) is 14.8 Å². The number of thioether (sulfide) groups is 1. The second kappa shape index (κ2) is 11.4. The normalized spacial score (nSPS) is 10.8. The molecule has 8 heteroatoms. The van der Waals surface area contributed by atoms with E-state index in [1.807, 2.05) is 79.1 Å². The largest absolute Gasteiger partial charge is 0.494 e. The van der Waals surface area contributed by atoms with Gasteiger partial charge in [-0.1, -0.05) is 58.0 Å². The van der Waals surface area contributed by atoms with E-state index in [0.29, 0.717) is 18.2 Å². The molecule has 0 spiro atoms. The van der Waals surface area contributed by atoms with E-state index in [1.165, 1.54) is 11.8 Å². The molecule has 0 aliphatic rings. The van der Waals surface area contributed by atoms with E-state index in [1.54, 1.807) is 0 Å². The highest BCUT2D eigenvalue weighted by Gasteiger charge is 2.17. The number of anilines is 1. The molecule has 1 amide bonds. The number of carbonyl (C=O) groups is 1. The zero-order valence-corrected chi connectivity index (χ0v) is 21.4. The minimum atomic E-state index is -0.0960. The molecule has 1 aromatic heterocycles. The SMILES string of the molecule is CCOc1ccc(-n2c(Cc3ccccc3)nnc2SCC(=O)Nc2ccc(Br)cc2C)cc1. The monoisotopic (exact) mass is 536 g/mol. The molecule has 3 aromatic carbocycles. The summed E-state index contributed by atoms with van der Waals surface area (Å²) in [6.07, 6.45) is 0.631. The maximum atomic E-state index is 12.7. The van der Waals surface area contributed by atoms with Crippen molar-refractivity contribution < 1.29 is 9.53 Å². The van der Waals surface area contributed by atoms with Crippen molar-refractivity contribution in [2.24, 2.45) is 0 Å². The van der Waals surface area contributed by atoms with Gasteiger partial charge in [0.25, 0.3) is 0 Å². The average Bonchev–Trinajstić information content (AvgIpc) is 3.23. The number of rotatable bonds is 9. The summed E-state index contributed by atoms with van der Waals surface area (Å²) in [6, 6.07) is 23.8. The van der Waals surface area contributed by atoms with Crippen molar-refractivity contribution in [3.05, 3.63) is 94.2 Å². The van der Waals surface area contributed by atoms with Crippen LogP contribution in [0.15, 0.2) is 82.4 Å². The maximum Gasteiger partial charge on any atom is 0.234 e. The topological polar surface area (TPSA) is 69.0 Å². The van der Waals surface area contributed by atoms with E-state index >= 15 is 0 Å². The number of halogens is 1. The van der Waals surface area contributed by atoms with Crippen molar-refractivity contribution in [2.45, 2.75) is 25.4 Å². The number of nitrogens with zero attached hydrogens (tertiary/aromatic N) is 3. The lowest BCUT2D eigenvalue weighted by atomic mass is 10.1. The van der Waals surface area contributed by atoms with Crippen LogP contribution >= 0.6 is 27.7 Å². The molecule has 0 aliphatic heterocycles. The molecule has 6 nitrogen and oxygen atoms in total. The fraction of sp³-hybridized carbons (Fsp3) is 0.192. The van der Waals surface area contributed by atoms with E-state index in [0.717, 1.165) is 38.5 Å². The Morgan fingerprint density at radius 1 is 1.06 bits per heavy atom. The predicted molar refractivity (Wildman–Crippen MR) is 140 cm³/mol. The van der Waals surface area contributed by atoms with Gasteiger partial charge in [0.1, 0.15) is 11.6 Å². The first kappa shape index (κ1) is 24.0. The smallest absolute Gasteiger partial charge is 0.234 e. The Bertz CT molecular complexity index is 1260. The molecule has 174 valence electrons. The molecule has 4 rings (SSSR count). The number of hydrogen-bond donors (Lipinski definition) is 1. The standard InChI is InChI=1S/C26H25BrN4O2S/c1-3-33-22-12-10-21(11-13-22)31-24(16-19-7-5-4-6-8-19)29-30-26(31)34-17-25(32)28-23-14-9-20(27)15-18(23)2/h4-15H,3,16-17H2,1-2H3,(H,28,32). The van der Waals surface area contributed by atoms with Gasteiger partial charge in [-0.2, -0.15) is 0 Å². The molecule has 4 aromatic rings. The van der Waals surface area contributed by atoms with Crippen molar-refractivity contribution in [3.8, 4) is 11.4 Å². The lowest BCUT2D eigenvalue weighted by Crippen LogP contribution is -2.15. The highest BCUT2D eigenvalue weighted by molar-refractivity contribution is 9.10. The first-order chi connectivity index (χ1) is 16.5. The van der Waals surface area contributed by atoms with Crippen LogP contribution in [0.4, 0.5) is 5.69 Å². The minimum absolute atomic E-state index is 0.0960. The Labute approximate surface area is 211 Å². The van der Waals surface area contributed by atoms with Crippen molar-refractivity contribution >= 4 is 39.3 Å². The van der Waals surface area contributed by atoms with E-state index < -0.39 is 0 Å². The molecule has 0 saturated carbocycles. The molecule has 0 bridgehead atoms. The summed E-state index contributed by atoms with van der Waals surface area (Å²) in [5.41, 5.74) is 3.86. The third-order valence-electron chi connectivity index (χ3n) is 5.11. The minimum Gasteiger partial charge on any atom is -0.494 e. The van der Waals surface area contributed by atoms with E-state index in [-0.39, 0.29) is 11.7 Å². The molecular formula is C26H25BrN4O2S. The molecule has 1 N–H and O–H groups in total. The first-order valence-electron chi connectivity index (χ1n) is 10.9. The van der Waals surface area contributed by atoms with Crippen LogP contribution in [0.2, 0.25) is 0 Å². The zero-order valence-electron chi connectivity index (χ0n) is 19.0. The summed E-state index contributed by atoms with van der Waals surface area (Å²) in [6.45, 7) is 4.53. The van der Waals surface area contributed by atoms with Crippen LogP contribution in [0.5, 0.6) is 5.75 Å². The van der Waals surface area contributed by atoms with E-state index in [4.69, 9.17) is 4.74 Å². The fourth-order valence-corrected chi connectivity index (χ4v) is 4.73. The highest BCUT2D eigenvalue weighted by atomic mass is 79.9. The lowest BCUT2D eigenvalue weighted by Gasteiger charge is -2.12. The average molecular weight is 537 g/mol. The Balaban J connectivity index is 1.55. The van der Waals surface area contributed by atoms with Gasteiger partial charge in [-0.15, -0.1) is 10.2 Å². The number of benzene rings is 3. The Morgan fingerprint density at radius 3 is 2.53 bits per heavy atom. The predicted octanol–water partition coefficient (Wildman–Crippen LogP) is 6.06. The lowest BCUT2D eigenvalue weighted by molar-refractivity contribution is -0.113. The summed E-state index contributed by atoms with van der Waals surface area (Å²) in [4.78, 5) is 12.7. The molecule has 0 atom stereocenters.